The Labute approximate surface area is 148 Å². The van der Waals surface area contributed by atoms with E-state index in [1.165, 1.54) is 0 Å². The predicted octanol–water partition coefficient (Wildman–Crippen LogP) is 1.98. The van der Waals surface area contributed by atoms with Crippen LogP contribution in [0, 0.1) is 33.4 Å². The molecule has 142 valence electrons. The van der Waals surface area contributed by atoms with Crippen molar-refractivity contribution >= 4 is 17.5 Å². The van der Waals surface area contributed by atoms with Crippen LogP contribution in [0.3, 0.4) is 0 Å². The first-order chi connectivity index (χ1) is 12.6. The van der Waals surface area contributed by atoms with Crippen LogP contribution in [0.1, 0.15) is 15.9 Å². The molecule has 1 atom stereocenters. The van der Waals surface area contributed by atoms with Gasteiger partial charge in [-0.05, 0) is 11.6 Å². The zero-order chi connectivity index (χ0) is 20.3. The van der Waals surface area contributed by atoms with Crippen molar-refractivity contribution < 1.29 is 32.1 Å². The second-order valence-electron chi connectivity index (χ2n) is 5.42. The average molecular weight is 385 g/mol. The van der Waals surface area contributed by atoms with Crippen LogP contribution in [0.15, 0.2) is 30.3 Å². The molecule has 0 aromatic heterocycles. The first-order valence-electron chi connectivity index (χ1n) is 7.27. The lowest BCUT2D eigenvalue weighted by Crippen LogP contribution is -2.46. The van der Waals surface area contributed by atoms with Gasteiger partial charge in [0, 0.05) is 24.6 Å². The molecule has 27 heavy (non-hydrogen) atoms. The molecular formula is C16H11F4N3O4. The molecule has 0 spiro atoms. The minimum atomic E-state index is -1.52. The average Bonchev–Trinajstić information content (AvgIpc) is 2.54. The third kappa shape index (κ3) is 4.57. The van der Waals surface area contributed by atoms with E-state index in [4.69, 9.17) is 5.73 Å². The third-order valence-electron chi connectivity index (χ3n) is 3.53. The van der Waals surface area contributed by atoms with Crippen LogP contribution in [0.25, 0.3) is 0 Å². The maximum absolute atomic E-state index is 13.7. The first kappa shape index (κ1) is 19.8. The fourth-order valence-electron chi connectivity index (χ4n) is 2.27. The van der Waals surface area contributed by atoms with Crippen LogP contribution >= 0.6 is 0 Å². The van der Waals surface area contributed by atoms with Crippen LogP contribution in [-0.4, -0.2) is 22.8 Å². The van der Waals surface area contributed by atoms with Gasteiger partial charge in [0.25, 0.3) is 5.91 Å². The molecule has 2 aromatic carbocycles. The zero-order valence-electron chi connectivity index (χ0n) is 13.3. The van der Waals surface area contributed by atoms with Gasteiger partial charge < -0.3 is 11.1 Å². The highest BCUT2D eigenvalue weighted by molar-refractivity contribution is 5.97. The number of nitrogens with two attached hydrogens (primary N) is 1. The second-order valence-corrected chi connectivity index (χ2v) is 5.42. The lowest BCUT2D eigenvalue weighted by atomic mass is 10.0. The summed E-state index contributed by atoms with van der Waals surface area (Å²) in [6.45, 7) is 0. The number of nitro groups is 1. The van der Waals surface area contributed by atoms with E-state index in [9.17, 15) is 37.3 Å². The van der Waals surface area contributed by atoms with Crippen molar-refractivity contribution in [2.45, 2.75) is 12.5 Å². The molecule has 2 amide bonds. The Bertz CT molecular complexity index is 913. The van der Waals surface area contributed by atoms with Crippen LogP contribution in [0.5, 0.6) is 0 Å². The van der Waals surface area contributed by atoms with Gasteiger partial charge in [-0.1, -0.05) is 6.07 Å². The highest BCUT2D eigenvalue weighted by atomic mass is 19.1. The summed E-state index contributed by atoms with van der Waals surface area (Å²) in [5, 5.41) is 12.7. The summed E-state index contributed by atoms with van der Waals surface area (Å²) < 4.78 is 53.6. The number of hydrogen-bond acceptors (Lipinski definition) is 4. The molecule has 3 N–H and O–H groups in total. The number of amides is 2. The minimum Gasteiger partial charge on any atom is -0.368 e. The molecule has 0 saturated carbocycles. The van der Waals surface area contributed by atoms with Gasteiger partial charge in [0.1, 0.15) is 29.1 Å². The molecule has 0 fully saturated rings. The lowest BCUT2D eigenvalue weighted by molar-refractivity contribution is -0.387. The smallest absolute Gasteiger partial charge is 0.305 e. The standard InChI is InChI=1S/C16H11F4N3O4/c17-8-5-10(19)14(11(20)6-8)16(25)22-12(15(21)24)3-7-1-2-9(18)13(4-7)23(26)27/h1-2,4-6,12H,3H2,(H2,21,24)(H,22,25)/t12-/m0/s1. The molecule has 2 aromatic rings. The van der Waals surface area contributed by atoms with E-state index in [0.717, 1.165) is 18.2 Å². The number of halogens is 4. The number of hydrogen-bond donors (Lipinski definition) is 2. The summed E-state index contributed by atoms with van der Waals surface area (Å²) in [4.78, 5) is 33.3. The maximum Gasteiger partial charge on any atom is 0.305 e. The fourth-order valence-corrected chi connectivity index (χ4v) is 2.27. The Morgan fingerprint density at radius 1 is 1.07 bits per heavy atom. The van der Waals surface area contributed by atoms with Crippen molar-refractivity contribution in [2.24, 2.45) is 5.73 Å². The molecular weight excluding hydrogens is 374 g/mol. The quantitative estimate of drug-likeness (QED) is 0.449. The molecule has 0 heterocycles. The predicted molar refractivity (Wildman–Crippen MR) is 83.5 cm³/mol. The van der Waals surface area contributed by atoms with Gasteiger partial charge in [0.05, 0.1) is 4.92 Å². The number of primary amides is 1. The number of nitrogens with zero attached hydrogens (tertiary/aromatic N) is 1. The number of benzene rings is 2. The number of rotatable bonds is 6. The van der Waals surface area contributed by atoms with Crippen molar-refractivity contribution in [2.75, 3.05) is 0 Å². The summed E-state index contributed by atoms with van der Waals surface area (Å²) in [6.07, 6.45) is -0.410. The van der Waals surface area contributed by atoms with Crippen molar-refractivity contribution in [1.29, 1.82) is 0 Å². The monoisotopic (exact) mass is 385 g/mol. The minimum absolute atomic E-state index is 0.0623. The molecule has 0 aliphatic heterocycles. The number of carbonyl (C=O) groups is 2. The Morgan fingerprint density at radius 3 is 2.19 bits per heavy atom. The van der Waals surface area contributed by atoms with Gasteiger partial charge in [-0.3, -0.25) is 19.7 Å². The molecule has 7 nitrogen and oxygen atoms in total. The molecule has 11 heteroatoms. The topological polar surface area (TPSA) is 115 Å². The summed E-state index contributed by atoms with van der Waals surface area (Å²) >= 11 is 0. The van der Waals surface area contributed by atoms with E-state index in [2.05, 4.69) is 0 Å². The molecule has 0 unspecified atom stereocenters. The molecule has 0 saturated heterocycles. The van der Waals surface area contributed by atoms with E-state index in [-0.39, 0.29) is 17.7 Å². The van der Waals surface area contributed by atoms with E-state index < -0.39 is 63.7 Å². The van der Waals surface area contributed by atoms with Crippen LogP contribution in [0.2, 0.25) is 0 Å². The normalized spacial score (nSPS) is 11.7. The lowest BCUT2D eigenvalue weighted by Gasteiger charge is -2.16. The fraction of sp³-hybridized carbons (Fsp3) is 0.125. The van der Waals surface area contributed by atoms with E-state index in [1.807, 2.05) is 5.32 Å². The number of nitro benzene ring substituents is 1. The second kappa shape index (κ2) is 7.81. The molecule has 0 radical (unpaired) electrons. The highest BCUT2D eigenvalue weighted by Gasteiger charge is 2.25. The third-order valence-corrected chi connectivity index (χ3v) is 3.53. The maximum atomic E-state index is 13.7. The van der Waals surface area contributed by atoms with Crippen molar-refractivity contribution in [3.63, 3.8) is 0 Å². The van der Waals surface area contributed by atoms with E-state index >= 15 is 0 Å². The van der Waals surface area contributed by atoms with Crippen LogP contribution in [-0.2, 0) is 11.2 Å². The number of carbonyl (C=O) groups excluding carboxylic acids is 2. The highest BCUT2D eigenvalue weighted by Crippen LogP contribution is 2.20. The van der Waals surface area contributed by atoms with Crippen molar-refractivity contribution in [3.8, 4) is 0 Å². The Hall–Kier alpha value is -3.50. The van der Waals surface area contributed by atoms with Crippen LogP contribution in [0.4, 0.5) is 23.2 Å². The van der Waals surface area contributed by atoms with Crippen molar-refractivity contribution in [3.05, 3.63) is 74.8 Å². The molecule has 0 aliphatic carbocycles. The molecule has 0 aliphatic rings. The van der Waals surface area contributed by atoms with Gasteiger partial charge >= 0.3 is 5.69 Å². The Morgan fingerprint density at radius 2 is 1.67 bits per heavy atom. The molecule has 0 bridgehead atoms. The summed E-state index contributed by atoms with van der Waals surface area (Å²) in [5.41, 5.74) is 3.20. The Kier molecular flexibility index (Phi) is 5.73. The summed E-state index contributed by atoms with van der Waals surface area (Å²) in [7, 11) is 0. The van der Waals surface area contributed by atoms with Gasteiger partial charge in [-0.15, -0.1) is 0 Å². The van der Waals surface area contributed by atoms with Gasteiger partial charge in [0.15, 0.2) is 0 Å². The Balaban J connectivity index is 2.27. The number of nitrogens with one attached hydrogen (secondary N) is 1. The van der Waals surface area contributed by atoms with Gasteiger partial charge in [-0.2, -0.15) is 4.39 Å². The van der Waals surface area contributed by atoms with E-state index in [0.29, 0.717) is 0 Å². The van der Waals surface area contributed by atoms with E-state index in [1.54, 1.807) is 0 Å². The van der Waals surface area contributed by atoms with Gasteiger partial charge in [-0.25, -0.2) is 13.2 Å². The largest absolute Gasteiger partial charge is 0.368 e. The first-order valence-corrected chi connectivity index (χ1v) is 7.27. The van der Waals surface area contributed by atoms with Gasteiger partial charge in [0.2, 0.25) is 11.7 Å². The SMILES string of the molecule is NC(=O)[C@H](Cc1ccc(F)c([N+](=O)[O-])c1)NC(=O)c1c(F)cc(F)cc1F. The molecule has 2 rings (SSSR count). The summed E-state index contributed by atoms with van der Waals surface area (Å²) in [6, 6.07) is 1.76. The zero-order valence-corrected chi connectivity index (χ0v) is 13.3. The van der Waals surface area contributed by atoms with Crippen LogP contribution < -0.4 is 11.1 Å². The summed E-state index contributed by atoms with van der Waals surface area (Å²) in [5.74, 6) is -7.84. The van der Waals surface area contributed by atoms with Crippen molar-refractivity contribution in [1.82, 2.24) is 5.32 Å².